The lowest BCUT2D eigenvalue weighted by atomic mass is 9.79. The number of nitrogens with zero attached hydrogens (tertiary/aromatic N) is 1. The predicted octanol–water partition coefficient (Wildman–Crippen LogP) is 2.51. The quantitative estimate of drug-likeness (QED) is 0.741. The summed E-state index contributed by atoms with van der Waals surface area (Å²) in [6, 6.07) is 0.737. The van der Waals surface area contributed by atoms with Crippen molar-refractivity contribution in [3.05, 3.63) is 0 Å². The third kappa shape index (κ3) is 2.78. The zero-order valence-electron chi connectivity index (χ0n) is 11.0. The first-order chi connectivity index (χ1) is 7.56. The Morgan fingerprint density at radius 1 is 1.00 bits per heavy atom. The van der Waals surface area contributed by atoms with Crippen LogP contribution in [0, 0.1) is 17.8 Å². The highest BCUT2D eigenvalue weighted by molar-refractivity contribution is 4.86. The second-order valence-corrected chi connectivity index (χ2v) is 6.40. The van der Waals surface area contributed by atoms with Gasteiger partial charge < -0.3 is 5.11 Å². The van der Waals surface area contributed by atoms with Crippen molar-refractivity contribution in [2.75, 3.05) is 13.1 Å². The first kappa shape index (κ1) is 12.4. The molecule has 0 bridgehead atoms. The minimum atomic E-state index is -0.0960. The van der Waals surface area contributed by atoms with Crippen LogP contribution < -0.4 is 0 Å². The first-order valence-corrected chi connectivity index (χ1v) is 6.98. The molecular weight excluding hydrogens is 198 g/mol. The molecule has 0 aromatic carbocycles. The summed E-state index contributed by atoms with van der Waals surface area (Å²) in [5, 5.41) is 9.97. The molecule has 2 fully saturated rings. The minimum Gasteiger partial charge on any atom is -0.392 e. The minimum absolute atomic E-state index is 0.0960. The number of β-amino-alcohol motifs (C(OH)–C–C–N with tert-alkyl or cyclic N) is 1. The van der Waals surface area contributed by atoms with Gasteiger partial charge in [-0.25, -0.2) is 0 Å². The molecule has 4 unspecified atom stereocenters. The van der Waals surface area contributed by atoms with Gasteiger partial charge in [0.25, 0.3) is 0 Å². The lowest BCUT2D eigenvalue weighted by Gasteiger charge is -2.43. The number of aliphatic hydroxyl groups excluding tert-OH is 1. The van der Waals surface area contributed by atoms with Crippen LogP contribution in [0.15, 0.2) is 0 Å². The Balaban J connectivity index is 1.92. The molecule has 0 spiro atoms. The lowest BCUT2D eigenvalue weighted by Crippen LogP contribution is -2.49. The maximum absolute atomic E-state index is 9.97. The van der Waals surface area contributed by atoms with E-state index < -0.39 is 0 Å². The molecule has 1 saturated carbocycles. The first-order valence-electron chi connectivity index (χ1n) is 6.98. The molecule has 2 rings (SSSR count). The molecule has 16 heavy (non-hydrogen) atoms. The zero-order chi connectivity index (χ0) is 11.7. The summed E-state index contributed by atoms with van der Waals surface area (Å²) in [6.45, 7) is 9.04. The molecule has 1 N–H and O–H groups in total. The Labute approximate surface area is 100 Å². The summed E-state index contributed by atoms with van der Waals surface area (Å²) in [5.74, 6) is 2.23. The highest BCUT2D eigenvalue weighted by atomic mass is 16.3. The standard InChI is InChI=1S/C14H27NO/c1-10-6-11(2)8-13(7-10)15-5-4-12(3)14(16)9-15/h10-14,16H,4-9H2,1-3H3. The van der Waals surface area contributed by atoms with E-state index in [-0.39, 0.29) is 6.10 Å². The summed E-state index contributed by atoms with van der Waals surface area (Å²) < 4.78 is 0. The maximum atomic E-state index is 9.97. The van der Waals surface area contributed by atoms with Gasteiger partial charge in [0, 0.05) is 12.6 Å². The average molecular weight is 225 g/mol. The average Bonchev–Trinajstić information content (AvgIpc) is 2.20. The van der Waals surface area contributed by atoms with Crippen molar-refractivity contribution >= 4 is 0 Å². The van der Waals surface area contributed by atoms with E-state index in [0.717, 1.165) is 24.4 Å². The van der Waals surface area contributed by atoms with Crippen molar-refractivity contribution < 1.29 is 5.11 Å². The van der Waals surface area contributed by atoms with E-state index in [0.29, 0.717) is 5.92 Å². The van der Waals surface area contributed by atoms with Gasteiger partial charge >= 0.3 is 0 Å². The van der Waals surface area contributed by atoms with Gasteiger partial charge in [0.2, 0.25) is 0 Å². The molecule has 94 valence electrons. The van der Waals surface area contributed by atoms with E-state index in [2.05, 4.69) is 25.7 Å². The van der Waals surface area contributed by atoms with Crippen LogP contribution in [0.2, 0.25) is 0 Å². The molecular formula is C14H27NO. The Morgan fingerprint density at radius 2 is 1.62 bits per heavy atom. The zero-order valence-corrected chi connectivity index (χ0v) is 11.0. The van der Waals surface area contributed by atoms with Crippen LogP contribution in [0.1, 0.15) is 46.5 Å². The number of likely N-dealkylation sites (tertiary alicyclic amines) is 1. The fraction of sp³-hybridized carbons (Fsp3) is 1.00. The molecule has 0 aromatic heterocycles. The van der Waals surface area contributed by atoms with Gasteiger partial charge in [0.05, 0.1) is 6.10 Å². The number of hydrogen-bond acceptors (Lipinski definition) is 2. The second kappa shape index (κ2) is 5.05. The van der Waals surface area contributed by atoms with Gasteiger partial charge in [-0.05, 0) is 50.0 Å². The second-order valence-electron chi connectivity index (χ2n) is 6.40. The van der Waals surface area contributed by atoms with E-state index in [1.54, 1.807) is 0 Å². The van der Waals surface area contributed by atoms with Crippen LogP contribution in [-0.2, 0) is 0 Å². The number of rotatable bonds is 1. The summed E-state index contributed by atoms with van der Waals surface area (Å²) in [7, 11) is 0. The van der Waals surface area contributed by atoms with Crippen LogP contribution in [0.4, 0.5) is 0 Å². The van der Waals surface area contributed by atoms with Gasteiger partial charge in [0.15, 0.2) is 0 Å². The van der Waals surface area contributed by atoms with Gasteiger partial charge in [0.1, 0.15) is 0 Å². The van der Waals surface area contributed by atoms with Gasteiger partial charge in [-0.15, -0.1) is 0 Å². The molecule has 1 aliphatic carbocycles. The van der Waals surface area contributed by atoms with Gasteiger partial charge in [-0.2, -0.15) is 0 Å². The molecule has 2 heteroatoms. The lowest BCUT2D eigenvalue weighted by molar-refractivity contribution is -0.00704. The fourth-order valence-corrected chi connectivity index (χ4v) is 3.61. The van der Waals surface area contributed by atoms with Crippen LogP contribution in [0.5, 0.6) is 0 Å². The number of aliphatic hydroxyl groups is 1. The van der Waals surface area contributed by atoms with Crippen molar-refractivity contribution in [1.82, 2.24) is 4.90 Å². The molecule has 2 aliphatic rings. The monoisotopic (exact) mass is 225 g/mol. The van der Waals surface area contributed by atoms with Crippen molar-refractivity contribution in [3.63, 3.8) is 0 Å². The van der Waals surface area contributed by atoms with Crippen molar-refractivity contribution in [1.29, 1.82) is 0 Å². The number of piperidine rings is 1. The molecule has 0 amide bonds. The molecule has 0 aromatic rings. The summed E-state index contributed by atoms with van der Waals surface area (Å²) in [5.41, 5.74) is 0. The van der Waals surface area contributed by atoms with Crippen LogP contribution >= 0.6 is 0 Å². The third-order valence-corrected chi connectivity index (χ3v) is 4.62. The SMILES string of the molecule is CC1CC(C)CC(N2CCC(C)C(O)C2)C1. The van der Waals surface area contributed by atoms with Crippen molar-refractivity contribution in [2.45, 2.75) is 58.6 Å². The maximum Gasteiger partial charge on any atom is 0.0693 e. The fourth-order valence-electron chi connectivity index (χ4n) is 3.61. The smallest absolute Gasteiger partial charge is 0.0693 e. The predicted molar refractivity (Wildman–Crippen MR) is 67.3 cm³/mol. The molecule has 4 atom stereocenters. The molecule has 1 saturated heterocycles. The molecule has 2 nitrogen and oxygen atoms in total. The molecule has 1 heterocycles. The Kier molecular flexibility index (Phi) is 3.91. The highest BCUT2D eigenvalue weighted by Gasteiger charge is 2.32. The van der Waals surface area contributed by atoms with E-state index in [9.17, 15) is 5.11 Å². The summed E-state index contributed by atoms with van der Waals surface area (Å²) in [4.78, 5) is 2.55. The van der Waals surface area contributed by atoms with E-state index >= 15 is 0 Å². The molecule has 0 radical (unpaired) electrons. The normalized spacial score (nSPS) is 46.9. The Morgan fingerprint density at radius 3 is 2.19 bits per heavy atom. The highest BCUT2D eigenvalue weighted by Crippen LogP contribution is 2.33. The van der Waals surface area contributed by atoms with E-state index in [4.69, 9.17) is 0 Å². The van der Waals surface area contributed by atoms with Crippen molar-refractivity contribution in [2.24, 2.45) is 17.8 Å². The topological polar surface area (TPSA) is 23.5 Å². The molecule has 1 aliphatic heterocycles. The van der Waals surface area contributed by atoms with Gasteiger partial charge in [-0.3, -0.25) is 4.90 Å². The summed E-state index contributed by atoms with van der Waals surface area (Å²) in [6.07, 6.45) is 5.14. The largest absolute Gasteiger partial charge is 0.392 e. The van der Waals surface area contributed by atoms with Gasteiger partial charge in [-0.1, -0.05) is 20.8 Å². The van der Waals surface area contributed by atoms with Crippen molar-refractivity contribution in [3.8, 4) is 0 Å². The Hall–Kier alpha value is -0.0800. The summed E-state index contributed by atoms with van der Waals surface area (Å²) >= 11 is 0. The van der Waals surface area contributed by atoms with Crippen LogP contribution in [-0.4, -0.2) is 35.2 Å². The van der Waals surface area contributed by atoms with E-state index in [1.165, 1.54) is 32.2 Å². The third-order valence-electron chi connectivity index (χ3n) is 4.62. The number of hydrogen-bond donors (Lipinski definition) is 1. The Bertz CT molecular complexity index is 221. The van der Waals surface area contributed by atoms with Crippen LogP contribution in [0.25, 0.3) is 0 Å². The van der Waals surface area contributed by atoms with Crippen LogP contribution in [0.3, 0.4) is 0 Å². The van der Waals surface area contributed by atoms with E-state index in [1.807, 2.05) is 0 Å².